The lowest BCUT2D eigenvalue weighted by molar-refractivity contribution is 0.102. The van der Waals surface area contributed by atoms with Gasteiger partial charge in [-0.15, -0.1) is 0 Å². The minimum Gasteiger partial charge on any atom is -0.507 e. The van der Waals surface area contributed by atoms with Crippen LogP contribution >= 0.6 is 0 Å². The number of hydrogen-bond acceptors (Lipinski definition) is 4. The van der Waals surface area contributed by atoms with Crippen molar-refractivity contribution in [1.29, 1.82) is 0 Å². The van der Waals surface area contributed by atoms with E-state index in [4.69, 9.17) is 0 Å². The summed E-state index contributed by atoms with van der Waals surface area (Å²) in [5.74, 6) is -0.191. The van der Waals surface area contributed by atoms with Crippen LogP contribution in [0.4, 0.5) is 5.69 Å². The zero-order valence-corrected chi connectivity index (χ0v) is 11.9. The number of amides is 1. The number of benzene rings is 1. The third-order valence-electron chi connectivity index (χ3n) is 3.17. The minimum absolute atomic E-state index is 0.130. The van der Waals surface area contributed by atoms with Gasteiger partial charge in [0.05, 0.1) is 17.6 Å². The van der Waals surface area contributed by atoms with Crippen molar-refractivity contribution in [2.24, 2.45) is 0 Å². The fourth-order valence-corrected chi connectivity index (χ4v) is 2.07. The molecular formula is C16H14N4O2. The van der Waals surface area contributed by atoms with Crippen LogP contribution in [0.15, 0.2) is 48.8 Å². The number of nitrogens with one attached hydrogen (secondary N) is 2. The van der Waals surface area contributed by atoms with Gasteiger partial charge in [-0.25, -0.2) is 0 Å². The van der Waals surface area contributed by atoms with Gasteiger partial charge in [-0.2, -0.15) is 5.10 Å². The molecule has 1 amide bonds. The molecular weight excluding hydrogens is 280 g/mol. The number of nitrogens with zero attached hydrogens (tertiary/aromatic N) is 2. The molecule has 3 N–H and O–H groups in total. The average Bonchev–Trinajstić information content (AvgIpc) is 2.98. The molecule has 0 aliphatic rings. The third kappa shape index (κ3) is 2.80. The first-order chi connectivity index (χ1) is 10.6. The van der Waals surface area contributed by atoms with Crippen LogP contribution in [0, 0.1) is 6.92 Å². The van der Waals surface area contributed by atoms with Crippen molar-refractivity contribution in [3.63, 3.8) is 0 Å². The van der Waals surface area contributed by atoms with Crippen molar-refractivity contribution in [2.45, 2.75) is 6.92 Å². The lowest BCUT2D eigenvalue weighted by Crippen LogP contribution is -2.12. The number of rotatable bonds is 3. The maximum atomic E-state index is 12.1. The third-order valence-corrected chi connectivity index (χ3v) is 3.17. The molecule has 0 bridgehead atoms. The van der Waals surface area contributed by atoms with Crippen LogP contribution in [0.2, 0.25) is 0 Å². The largest absolute Gasteiger partial charge is 0.507 e. The molecule has 0 radical (unpaired) electrons. The smallest absolute Gasteiger partial charge is 0.273 e. The van der Waals surface area contributed by atoms with Gasteiger partial charge in [0, 0.05) is 11.8 Å². The van der Waals surface area contributed by atoms with Gasteiger partial charge in [0.25, 0.3) is 5.91 Å². The van der Waals surface area contributed by atoms with Gasteiger partial charge in [0.2, 0.25) is 0 Å². The van der Waals surface area contributed by atoms with Crippen molar-refractivity contribution < 1.29 is 9.90 Å². The highest BCUT2D eigenvalue weighted by molar-refractivity contribution is 6.03. The van der Waals surface area contributed by atoms with Crippen LogP contribution in [0.5, 0.6) is 5.75 Å². The predicted molar refractivity (Wildman–Crippen MR) is 82.6 cm³/mol. The molecule has 0 unspecified atom stereocenters. The summed E-state index contributed by atoms with van der Waals surface area (Å²) in [6.45, 7) is 1.89. The summed E-state index contributed by atoms with van der Waals surface area (Å²) in [6, 6.07) is 10.4. The second-order valence-corrected chi connectivity index (χ2v) is 4.88. The van der Waals surface area contributed by atoms with Crippen molar-refractivity contribution >= 4 is 11.6 Å². The minimum atomic E-state index is -0.321. The van der Waals surface area contributed by atoms with Gasteiger partial charge in [-0.3, -0.25) is 14.9 Å². The highest BCUT2D eigenvalue weighted by Gasteiger charge is 2.13. The molecule has 2 heterocycles. The maximum absolute atomic E-state index is 12.1. The zero-order chi connectivity index (χ0) is 15.5. The van der Waals surface area contributed by atoms with E-state index in [1.807, 2.05) is 13.0 Å². The monoisotopic (exact) mass is 294 g/mol. The number of anilines is 1. The number of H-pyrrole nitrogens is 1. The van der Waals surface area contributed by atoms with Crippen LogP contribution in [0.1, 0.15) is 16.1 Å². The molecule has 6 heteroatoms. The van der Waals surface area contributed by atoms with Crippen molar-refractivity contribution in [2.75, 3.05) is 5.32 Å². The molecule has 22 heavy (non-hydrogen) atoms. The quantitative estimate of drug-likeness (QED) is 0.692. The fraction of sp³-hybridized carbons (Fsp3) is 0.0625. The van der Waals surface area contributed by atoms with Crippen molar-refractivity contribution in [1.82, 2.24) is 15.2 Å². The van der Waals surface area contributed by atoms with Crippen molar-refractivity contribution in [3.05, 3.63) is 60.0 Å². The maximum Gasteiger partial charge on any atom is 0.273 e. The summed E-state index contributed by atoms with van der Waals surface area (Å²) >= 11 is 0. The number of phenolic OH excluding ortho intramolecular Hbond substituents is 1. The summed E-state index contributed by atoms with van der Waals surface area (Å²) in [5, 5.41) is 19.4. The highest BCUT2D eigenvalue weighted by atomic mass is 16.3. The van der Waals surface area contributed by atoms with E-state index in [1.165, 1.54) is 0 Å². The molecule has 0 saturated heterocycles. The Balaban J connectivity index is 1.83. The van der Waals surface area contributed by atoms with Crippen LogP contribution in [0.25, 0.3) is 11.3 Å². The van der Waals surface area contributed by atoms with E-state index in [2.05, 4.69) is 20.5 Å². The molecule has 0 aliphatic carbocycles. The summed E-state index contributed by atoms with van der Waals surface area (Å²) in [7, 11) is 0. The number of pyridine rings is 1. The van der Waals surface area contributed by atoms with Gasteiger partial charge in [0.1, 0.15) is 11.4 Å². The van der Waals surface area contributed by atoms with E-state index in [9.17, 15) is 9.90 Å². The Morgan fingerprint density at radius 1 is 1.27 bits per heavy atom. The molecule has 110 valence electrons. The number of aromatic nitrogens is 3. The van der Waals surface area contributed by atoms with Gasteiger partial charge >= 0.3 is 0 Å². The van der Waals surface area contributed by atoms with E-state index < -0.39 is 0 Å². The first-order valence-corrected chi connectivity index (χ1v) is 6.70. The van der Waals surface area contributed by atoms with E-state index in [-0.39, 0.29) is 11.7 Å². The molecule has 3 rings (SSSR count). The lowest BCUT2D eigenvalue weighted by Gasteiger charge is -2.02. The van der Waals surface area contributed by atoms with Crippen LogP contribution in [0.3, 0.4) is 0 Å². The molecule has 6 nitrogen and oxygen atoms in total. The fourth-order valence-electron chi connectivity index (χ4n) is 2.07. The van der Waals surface area contributed by atoms with E-state index in [0.717, 1.165) is 5.56 Å². The Hall–Kier alpha value is -3.15. The molecule has 0 atom stereocenters. The van der Waals surface area contributed by atoms with Gasteiger partial charge in [-0.05, 0) is 42.8 Å². The number of carbonyl (C=O) groups excluding carboxylic acids is 1. The van der Waals surface area contributed by atoms with Gasteiger partial charge in [0.15, 0.2) is 0 Å². The average molecular weight is 294 g/mol. The standard InChI is InChI=1S/C16H14N4O2/c1-10-4-5-12(15(21)7-10)13-8-14(20-19-13)16(22)18-11-3-2-6-17-9-11/h2-9,21H,1H3,(H,18,22)(H,19,20). The van der Waals surface area contributed by atoms with Crippen LogP contribution < -0.4 is 5.32 Å². The Kier molecular flexibility index (Phi) is 3.57. The first-order valence-electron chi connectivity index (χ1n) is 6.70. The Morgan fingerprint density at radius 3 is 2.86 bits per heavy atom. The lowest BCUT2D eigenvalue weighted by atomic mass is 10.1. The molecule has 1 aromatic carbocycles. The van der Waals surface area contributed by atoms with E-state index >= 15 is 0 Å². The number of phenols is 1. The second-order valence-electron chi connectivity index (χ2n) is 4.88. The Labute approximate surface area is 126 Å². The van der Waals surface area contributed by atoms with Crippen LogP contribution in [-0.2, 0) is 0 Å². The van der Waals surface area contributed by atoms with Gasteiger partial charge < -0.3 is 10.4 Å². The van der Waals surface area contributed by atoms with Crippen LogP contribution in [-0.4, -0.2) is 26.2 Å². The highest BCUT2D eigenvalue weighted by Crippen LogP contribution is 2.28. The normalized spacial score (nSPS) is 10.4. The molecule has 0 fully saturated rings. The summed E-state index contributed by atoms with van der Waals surface area (Å²) in [5.41, 5.74) is 2.93. The van der Waals surface area contributed by atoms with Crippen molar-refractivity contribution in [3.8, 4) is 17.0 Å². The molecule has 2 aromatic heterocycles. The predicted octanol–water partition coefficient (Wildman–Crippen LogP) is 2.74. The Bertz CT molecular complexity index is 812. The summed E-state index contributed by atoms with van der Waals surface area (Å²) < 4.78 is 0. The first kappa shape index (κ1) is 13.8. The number of aryl methyl sites for hydroxylation is 1. The molecule has 0 spiro atoms. The van der Waals surface area contributed by atoms with Gasteiger partial charge in [-0.1, -0.05) is 6.07 Å². The number of carbonyl (C=O) groups is 1. The molecule has 3 aromatic rings. The summed E-state index contributed by atoms with van der Waals surface area (Å²) in [4.78, 5) is 16.1. The Morgan fingerprint density at radius 2 is 2.14 bits per heavy atom. The SMILES string of the molecule is Cc1ccc(-c2cc(C(=O)Nc3cccnc3)[nH]n2)c(O)c1. The summed E-state index contributed by atoms with van der Waals surface area (Å²) in [6.07, 6.45) is 3.19. The van der Waals surface area contributed by atoms with E-state index in [1.54, 1.807) is 42.7 Å². The topological polar surface area (TPSA) is 90.9 Å². The molecule has 0 aliphatic heterocycles. The van der Waals surface area contributed by atoms with E-state index in [0.29, 0.717) is 22.6 Å². The number of aromatic amines is 1. The number of aromatic hydroxyl groups is 1. The molecule has 0 saturated carbocycles. The second kappa shape index (κ2) is 5.69. The zero-order valence-electron chi connectivity index (χ0n) is 11.9. The number of hydrogen-bond donors (Lipinski definition) is 3.